The second-order valence-corrected chi connectivity index (χ2v) is 6.95. The van der Waals surface area contributed by atoms with Crippen LogP contribution in [0.4, 0.5) is 26.3 Å². The number of likely N-dealkylation sites (tertiary alicyclic amines) is 1. The quantitative estimate of drug-likeness (QED) is 0.526. The molecule has 1 aliphatic rings. The van der Waals surface area contributed by atoms with Crippen LogP contribution in [0, 0.1) is 5.92 Å². The minimum atomic E-state index is -5.02. The molecule has 0 radical (unpaired) electrons. The molecular formula is C18H21F6N3O3. The molecule has 0 unspecified atom stereocenters. The molecule has 1 fully saturated rings. The molecule has 1 aromatic rings. The molecule has 1 aliphatic heterocycles. The molecule has 1 aromatic carbocycles. The summed E-state index contributed by atoms with van der Waals surface area (Å²) in [5, 5.41) is 2.41. The van der Waals surface area contributed by atoms with Gasteiger partial charge < -0.3 is 5.32 Å². The van der Waals surface area contributed by atoms with Gasteiger partial charge in [0.2, 0.25) is 0 Å². The Morgan fingerprint density at radius 3 is 2.03 bits per heavy atom. The van der Waals surface area contributed by atoms with E-state index in [0.29, 0.717) is 38.1 Å². The van der Waals surface area contributed by atoms with Crippen molar-refractivity contribution in [2.24, 2.45) is 5.92 Å². The van der Waals surface area contributed by atoms with Crippen molar-refractivity contribution >= 4 is 11.8 Å². The predicted molar refractivity (Wildman–Crippen MR) is 93.1 cm³/mol. The summed E-state index contributed by atoms with van der Waals surface area (Å²) in [6.07, 6.45) is -8.82. The van der Waals surface area contributed by atoms with Crippen LogP contribution in [-0.4, -0.2) is 50.0 Å². The third-order valence-corrected chi connectivity index (χ3v) is 4.69. The zero-order valence-electron chi connectivity index (χ0n) is 16.0. The molecule has 12 heteroatoms. The molecule has 6 nitrogen and oxygen atoms in total. The molecule has 0 saturated carbocycles. The van der Waals surface area contributed by atoms with Gasteiger partial charge in [0.05, 0.1) is 24.8 Å². The standard InChI is InChI=1S/C18H21F6N3O3/c1-30-26-15(28)10-27-4-2-11(3-5-27)9-25-16(29)12-6-13(17(19,20)21)8-14(7-12)18(22,23)24/h6-8,11H,2-5,9-10H2,1H3,(H,25,29)(H,26,28). The van der Waals surface area contributed by atoms with Gasteiger partial charge in [-0.2, -0.15) is 26.3 Å². The largest absolute Gasteiger partial charge is 0.416 e. The highest BCUT2D eigenvalue weighted by Gasteiger charge is 2.37. The molecule has 30 heavy (non-hydrogen) atoms. The van der Waals surface area contributed by atoms with Gasteiger partial charge in [-0.05, 0) is 50.0 Å². The average molecular weight is 441 g/mol. The normalized spacial score (nSPS) is 16.4. The zero-order valence-corrected chi connectivity index (χ0v) is 16.0. The number of halogens is 6. The maximum Gasteiger partial charge on any atom is 0.416 e. The average Bonchev–Trinajstić information content (AvgIpc) is 2.65. The van der Waals surface area contributed by atoms with E-state index in [1.54, 1.807) is 0 Å². The topological polar surface area (TPSA) is 70.7 Å². The first-order valence-corrected chi connectivity index (χ1v) is 9.02. The summed E-state index contributed by atoms with van der Waals surface area (Å²) in [6, 6.07) is 0.787. The van der Waals surface area contributed by atoms with Crippen LogP contribution in [-0.2, 0) is 22.0 Å². The summed E-state index contributed by atoms with van der Waals surface area (Å²) in [7, 11) is 1.31. The van der Waals surface area contributed by atoms with Crippen LogP contribution in [0.2, 0.25) is 0 Å². The monoisotopic (exact) mass is 441 g/mol. The number of nitrogens with one attached hydrogen (secondary N) is 2. The molecule has 0 bridgehead atoms. The first-order valence-electron chi connectivity index (χ1n) is 9.02. The van der Waals surface area contributed by atoms with Crippen LogP contribution in [0.25, 0.3) is 0 Å². The van der Waals surface area contributed by atoms with Gasteiger partial charge in [0.15, 0.2) is 0 Å². The summed E-state index contributed by atoms with van der Waals surface area (Å²) in [4.78, 5) is 30.1. The second-order valence-electron chi connectivity index (χ2n) is 6.95. The number of hydrogen-bond donors (Lipinski definition) is 2. The molecule has 2 amide bonds. The minimum Gasteiger partial charge on any atom is -0.352 e. The van der Waals surface area contributed by atoms with Crippen molar-refractivity contribution in [2.45, 2.75) is 25.2 Å². The Bertz CT molecular complexity index is 726. The SMILES string of the molecule is CONC(=O)CN1CCC(CNC(=O)c2cc(C(F)(F)F)cc(C(F)(F)F)c2)CC1. The van der Waals surface area contributed by atoms with E-state index in [1.807, 2.05) is 4.90 Å². The molecule has 168 valence electrons. The fourth-order valence-electron chi connectivity index (χ4n) is 3.12. The molecule has 1 saturated heterocycles. The maximum atomic E-state index is 12.9. The highest BCUT2D eigenvalue weighted by molar-refractivity contribution is 5.94. The van der Waals surface area contributed by atoms with Gasteiger partial charge in [0.25, 0.3) is 11.8 Å². The van der Waals surface area contributed by atoms with Crippen LogP contribution in [0.15, 0.2) is 18.2 Å². The summed E-state index contributed by atoms with van der Waals surface area (Å²) in [5.74, 6) is -1.33. The van der Waals surface area contributed by atoms with Gasteiger partial charge >= 0.3 is 12.4 Å². The number of amides is 2. The third-order valence-electron chi connectivity index (χ3n) is 4.69. The van der Waals surface area contributed by atoms with E-state index >= 15 is 0 Å². The Morgan fingerprint density at radius 1 is 1.03 bits per heavy atom. The number of hydrogen-bond acceptors (Lipinski definition) is 4. The number of carbonyl (C=O) groups is 2. The maximum absolute atomic E-state index is 12.9. The summed E-state index contributed by atoms with van der Waals surface area (Å²) < 4.78 is 77.5. The Labute approximate surface area is 168 Å². The van der Waals surface area contributed by atoms with Crippen molar-refractivity contribution < 1.29 is 40.8 Å². The van der Waals surface area contributed by atoms with Gasteiger partial charge in [-0.3, -0.25) is 19.3 Å². The Balaban J connectivity index is 1.96. The third kappa shape index (κ3) is 6.87. The van der Waals surface area contributed by atoms with Gasteiger partial charge in [-0.1, -0.05) is 0 Å². The van der Waals surface area contributed by atoms with Gasteiger partial charge in [0, 0.05) is 12.1 Å². The molecule has 0 spiro atoms. The van der Waals surface area contributed by atoms with Crippen LogP contribution in [0.3, 0.4) is 0 Å². The van der Waals surface area contributed by atoms with E-state index in [4.69, 9.17) is 0 Å². The minimum absolute atomic E-state index is 0.0106. The van der Waals surface area contributed by atoms with Crippen molar-refractivity contribution in [1.82, 2.24) is 15.7 Å². The number of nitrogens with zero attached hydrogens (tertiary/aromatic N) is 1. The Kier molecular flexibility index (Phi) is 7.70. The number of rotatable bonds is 6. The highest BCUT2D eigenvalue weighted by atomic mass is 19.4. The van der Waals surface area contributed by atoms with E-state index in [9.17, 15) is 35.9 Å². The van der Waals surface area contributed by atoms with Crippen molar-refractivity contribution in [3.63, 3.8) is 0 Å². The number of alkyl halides is 6. The Morgan fingerprint density at radius 2 is 1.57 bits per heavy atom. The van der Waals surface area contributed by atoms with Crippen molar-refractivity contribution in [3.05, 3.63) is 34.9 Å². The van der Waals surface area contributed by atoms with Gasteiger partial charge in [-0.15, -0.1) is 0 Å². The van der Waals surface area contributed by atoms with E-state index in [-0.39, 0.29) is 31.0 Å². The first kappa shape index (κ1) is 23.9. The van der Waals surface area contributed by atoms with Crippen LogP contribution >= 0.6 is 0 Å². The summed E-state index contributed by atoms with van der Waals surface area (Å²) in [6.45, 7) is 1.35. The lowest BCUT2D eigenvalue weighted by molar-refractivity contribution is -0.143. The van der Waals surface area contributed by atoms with Crippen molar-refractivity contribution in [3.8, 4) is 0 Å². The number of carbonyl (C=O) groups excluding carboxylic acids is 2. The summed E-state index contributed by atoms with van der Waals surface area (Å²) in [5.41, 5.74) is -1.58. The number of piperidine rings is 1. The van der Waals surface area contributed by atoms with Crippen molar-refractivity contribution in [2.75, 3.05) is 33.3 Å². The fourth-order valence-corrected chi connectivity index (χ4v) is 3.12. The molecule has 1 heterocycles. The first-order chi connectivity index (χ1) is 13.9. The molecular weight excluding hydrogens is 420 g/mol. The van der Waals surface area contributed by atoms with E-state index in [2.05, 4.69) is 15.6 Å². The molecule has 2 rings (SSSR count). The second kappa shape index (κ2) is 9.65. The van der Waals surface area contributed by atoms with Gasteiger partial charge in [-0.25, -0.2) is 5.48 Å². The lowest BCUT2D eigenvalue weighted by atomic mass is 9.96. The van der Waals surface area contributed by atoms with E-state index in [0.717, 1.165) is 0 Å². The lowest BCUT2D eigenvalue weighted by Crippen LogP contribution is -2.43. The van der Waals surface area contributed by atoms with Crippen LogP contribution in [0.5, 0.6) is 0 Å². The molecule has 0 aliphatic carbocycles. The smallest absolute Gasteiger partial charge is 0.352 e. The number of hydroxylamine groups is 1. The van der Waals surface area contributed by atoms with Gasteiger partial charge in [0.1, 0.15) is 0 Å². The van der Waals surface area contributed by atoms with E-state index in [1.165, 1.54) is 7.11 Å². The Hall–Kier alpha value is -2.34. The zero-order chi connectivity index (χ0) is 22.5. The molecule has 0 atom stereocenters. The van der Waals surface area contributed by atoms with Crippen LogP contribution < -0.4 is 10.8 Å². The van der Waals surface area contributed by atoms with E-state index < -0.39 is 35.0 Å². The predicted octanol–water partition coefficient (Wildman–Crippen LogP) is 2.84. The summed E-state index contributed by atoms with van der Waals surface area (Å²) >= 11 is 0. The number of benzene rings is 1. The van der Waals surface area contributed by atoms with Crippen molar-refractivity contribution in [1.29, 1.82) is 0 Å². The van der Waals surface area contributed by atoms with Crippen LogP contribution in [0.1, 0.15) is 34.3 Å². The lowest BCUT2D eigenvalue weighted by Gasteiger charge is -2.31. The highest BCUT2D eigenvalue weighted by Crippen LogP contribution is 2.36. The molecule has 2 N–H and O–H groups in total. The fraction of sp³-hybridized carbons (Fsp3) is 0.556. The molecule has 0 aromatic heterocycles.